The molecular weight excluding hydrogens is 220 g/mol. The summed E-state index contributed by atoms with van der Waals surface area (Å²) in [6.45, 7) is 4.50. The number of para-hydroxylation sites is 1. The summed E-state index contributed by atoms with van der Waals surface area (Å²) in [5.74, 6) is 0.573. The molecule has 1 aromatic heterocycles. The molecule has 0 aliphatic heterocycles. The van der Waals surface area contributed by atoms with Gasteiger partial charge in [0.05, 0.1) is 5.69 Å². The predicted molar refractivity (Wildman–Crippen MR) is 79.9 cm³/mol. The summed E-state index contributed by atoms with van der Waals surface area (Å²) in [5.41, 5.74) is 9.65. The van der Waals surface area contributed by atoms with Crippen molar-refractivity contribution in [3.8, 4) is 0 Å². The normalized spacial score (nSPS) is 13.0. The quantitative estimate of drug-likeness (QED) is 0.702. The maximum Gasteiger partial charge on any atom is 0.0607 e. The highest BCUT2D eigenvalue weighted by molar-refractivity contribution is 5.93. The molecule has 0 saturated heterocycles. The van der Waals surface area contributed by atoms with Crippen molar-refractivity contribution in [2.45, 2.75) is 51.9 Å². The Labute approximate surface area is 110 Å². The fourth-order valence-corrected chi connectivity index (χ4v) is 2.70. The summed E-state index contributed by atoms with van der Waals surface area (Å²) in [4.78, 5) is 3.52. The number of rotatable bonds is 6. The van der Waals surface area contributed by atoms with Crippen LogP contribution in [0.4, 0.5) is 5.69 Å². The van der Waals surface area contributed by atoms with Gasteiger partial charge in [-0.05, 0) is 18.9 Å². The highest BCUT2D eigenvalue weighted by Crippen LogP contribution is 2.34. The number of aromatic amines is 1. The molecule has 2 nitrogen and oxygen atoms in total. The van der Waals surface area contributed by atoms with Gasteiger partial charge in [0.2, 0.25) is 0 Å². The Balaban J connectivity index is 2.24. The van der Waals surface area contributed by atoms with Crippen molar-refractivity contribution in [3.05, 3.63) is 30.0 Å². The van der Waals surface area contributed by atoms with Crippen LogP contribution in [0.15, 0.2) is 24.3 Å². The summed E-state index contributed by atoms with van der Waals surface area (Å²) in [6, 6.07) is 8.31. The monoisotopic (exact) mass is 244 g/mol. The van der Waals surface area contributed by atoms with Gasteiger partial charge in [-0.3, -0.25) is 0 Å². The fraction of sp³-hybridized carbons (Fsp3) is 0.500. The van der Waals surface area contributed by atoms with E-state index in [1.165, 1.54) is 42.3 Å². The first kappa shape index (κ1) is 13.0. The van der Waals surface area contributed by atoms with E-state index in [0.29, 0.717) is 5.92 Å². The maximum atomic E-state index is 6.29. The minimum atomic E-state index is 0.573. The molecule has 1 unspecified atom stereocenters. The second-order valence-electron chi connectivity index (χ2n) is 5.10. The van der Waals surface area contributed by atoms with E-state index in [9.17, 15) is 0 Å². The summed E-state index contributed by atoms with van der Waals surface area (Å²) in [5, 5.41) is 1.17. The van der Waals surface area contributed by atoms with Crippen LogP contribution in [-0.2, 0) is 0 Å². The first-order valence-corrected chi connectivity index (χ1v) is 7.14. The van der Waals surface area contributed by atoms with Gasteiger partial charge in [-0.2, -0.15) is 0 Å². The number of nitrogen functional groups attached to an aromatic ring is 1. The zero-order valence-corrected chi connectivity index (χ0v) is 11.5. The van der Waals surface area contributed by atoms with Crippen LogP contribution in [0.25, 0.3) is 10.9 Å². The minimum Gasteiger partial charge on any atom is -0.397 e. The molecule has 3 N–H and O–H groups in total. The van der Waals surface area contributed by atoms with Crippen LogP contribution in [0.5, 0.6) is 0 Å². The van der Waals surface area contributed by atoms with Crippen molar-refractivity contribution in [2.75, 3.05) is 5.73 Å². The summed E-state index contributed by atoms with van der Waals surface area (Å²) in [7, 11) is 0. The summed E-state index contributed by atoms with van der Waals surface area (Å²) >= 11 is 0. The molecule has 0 aliphatic carbocycles. The van der Waals surface area contributed by atoms with E-state index in [-0.39, 0.29) is 0 Å². The van der Waals surface area contributed by atoms with Gasteiger partial charge in [0.15, 0.2) is 0 Å². The van der Waals surface area contributed by atoms with E-state index in [0.717, 1.165) is 12.1 Å². The van der Waals surface area contributed by atoms with E-state index in [1.807, 2.05) is 6.07 Å². The number of nitrogens with one attached hydrogen (secondary N) is 1. The van der Waals surface area contributed by atoms with Crippen LogP contribution >= 0.6 is 0 Å². The van der Waals surface area contributed by atoms with Gasteiger partial charge < -0.3 is 10.7 Å². The average Bonchev–Trinajstić information content (AvgIpc) is 2.73. The number of hydrogen-bond donors (Lipinski definition) is 2. The lowest BCUT2D eigenvalue weighted by atomic mass is 9.94. The van der Waals surface area contributed by atoms with Crippen molar-refractivity contribution >= 4 is 16.6 Å². The molecule has 1 heterocycles. The van der Waals surface area contributed by atoms with Gasteiger partial charge in [-0.15, -0.1) is 0 Å². The van der Waals surface area contributed by atoms with Crippen LogP contribution in [0, 0.1) is 0 Å². The van der Waals surface area contributed by atoms with Gasteiger partial charge in [0, 0.05) is 22.5 Å². The predicted octanol–water partition coefficient (Wildman–Crippen LogP) is 4.82. The Morgan fingerprint density at radius 1 is 1.17 bits per heavy atom. The second kappa shape index (κ2) is 5.94. The summed E-state index contributed by atoms with van der Waals surface area (Å²) < 4.78 is 0. The average molecular weight is 244 g/mol. The highest BCUT2D eigenvalue weighted by atomic mass is 14.8. The molecule has 0 saturated carbocycles. The van der Waals surface area contributed by atoms with Crippen LogP contribution in [0.2, 0.25) is 0 Å². The van der Waals surface area contributed by atoms with E-state index < -0.39 is 0 Å². The zero-order chi connectivity index (χ0) is 13.0. The lowest BCUT2D eigenvalue weighted by Crippen LogP contribution is -2.01. The minimum absolute atomic E-state index is 0.573. The first-order chi connectivity index (χ1) is 8.77. The van der Waals surface area contributed by atoms with Crippen LogP contribution in [0.3, 0.4) is 0 Å². The number of unbranched alkanes of at least 4 members (excludes halogenated alkanes) is 2. The Kier molecular flexibility index (Phi) is 4.29. The number of hydrogen-bond acceptors (Lipinski definition) is 1. The molecule has 0 fully saturated rings. The largest absolute Gasteiger partial charge is 0.397 e. The molecule has 0 spiro atoms. The van der Waals surface area contributed by atoms with Crippen LogP contribution in [0.1, 0.15) is 57.6 Å². The molecule has 2 aromatic rings. The third-order valence-electron chi connectivity index (χ3n) is 3.83. The molecule has 1 aromatic carbocycles. The van der Waals surface area contributed by atoms with Crippen molar-refractivity contribution < 1.29 is 0 Å². The molecule has 2 rings (SSSR count). The lowest BCUT2D eigenvalue weighted by molar-refractivity contribution is 0.547. The molecule has 2 heteroatoms. The number of benzene rings is 1. The van der Waals surface area contributed by atoms with Crippen molar-refractivity contribution in [2.24, 2.45) is 0 Å². The van der Waals surface area contributed by atoms with E-state index >= 15 is 0 Å². The van der Waals surface area contributed by atoms with E-state index in [2.05, 4.69) is 37.0 Å². The van der Waals surface area contributed by atoms with Crippen LogP contribution < -0.4 is 5.73 Å². The topological polar surface area (TPSA) is 41.8 Å². The second-order valence-corrected chi connectivity index (χ2v) is 5.10. The Bertz CT molecular complexity index is 499. The molecule has 98 valence electrons. The Hall–Kier alpha value is -1.44. The van der Waals surface area contributed by atoms with E-state index in [4.69, 9.17) is 5.73 Å². The van der Waals surface area contributed by atoms with E-state index in [1.54, 1.807) is 0 Å². The molecule has 0 amide bonds. The molecule has 0 bridgehead atoms. The SMILES string of the molecule is CCCCCC(CC)c1[nH]c2ccccc2c1N. The zero-order valence-electron chi connectivity index (χ0n) is 11.5. The van der Waals surface area contributed by atoms with Gasteiger partial charge in [0.1, 0.15) is 0 Å². The fourth-order valence-electron chi connectivity index (χ4n) is 2.70. The van der Waals surface area contributed by atoms with Crippen molar-refractivity contribution in [1.29, 1.82) is 0 Å². The van der Waals surface area contributed by atoms with Gasteiger partial charge in [-0.25, -0.2) is 0 Å². The molecule has 18 heavy (non-hydrogen) atoms. The van der Waals surface area contributed by atoms with Gasteiger partial charge >= 0.3 is 0 Å². The smallest absolute Gasteiger partial charge is 0.0607 e. The maximum absolute atomic E-state index is 6.29. The van der Waals surface area contributed by atoms with Crippen LogP contribution in [-0.4, -0.2) is 4.98 Å². The lowest BCUT2D eigenvalue weighted by Gasteiger charge is -2.14. The molecule has 0 aliphatic rings. The van der Waals surface area contributed by atoms with Crippen molar-refractivity contribution in [1.82, 2.24) is 4.98 Å². The number of anilines is 1. The molecular formula is C16H24N2. The number of nitrogens with two attached hydrogens (primary N) is 1. The number of fused-ring (bicyclic) bond motifs is 1. The van der Waals surface area contributed by atoms with Gasteiger partial charge in [0.25, 0.3) is 0 Å². The van der Waals surface area contributed by atoms with Crippen molar-refractivity contribution in [3.63, 3.8) is 0 Å². The standard InChI is InChI=1S/C16H24N2/c1-3-5-6-9-12(4-2)16-15(17)13-10-7-8-11-14(13)18-16/h7-8,10-12,18H,3-6,9,17H2,1-2H3. The number of aromatic nitrogens is 1. The third kappa shape index (κ3) is 2.53. The first-order valence-electron chi connectivity index (χ1n) is 7.14. The third-order valence-corrected chi connectivity index (χ3v) is 3.83. The highest BCUT2D eigenvalue weighted by Gasteiger charge is 2.16. The Morgan fingerprint density at radius 3 is 2.61 bits per heavy atom. The summed E-state index contributed by atoms with van der Waals surface area (Å²) in [6.07, 6.45) is 6.28. The molecule has 0 radical (unpaired) electrons. The number of H-pyrrole nitrogens is 1. The Morgan fingerprint density at radius 2 is 1.94 bits per heavy atom. The molecule has 1 atom stereocenters. The van der Waals surface area contributed by atoms with Gasteiger partial charge in [-0.1, -0.05) is 51.3 Å².